The lowest BCUT2D eigenvalue weighted by atomic mass is 10.1. The Hall–Kier alpha value is -1.06. The van der Waals surface area contributed by atoms with Crippen LogP contribution in [0.25, 0.3) is 5.65 Å². The average molecular weight is 294 g/mol. The van der Waals surface area contributed by atoms with Gasteiger partial charge in [0.2, 0.25) is 0 Å². The van der Waals surface area contributed by atoms with E-state index in [0.29, 0.717) is 6.04 Å². The Balaban J connectivity index is 1.80. The van der Waals surface area contributed by atoms with Crippen molar-refractivity contribution >= 4 is 17.2 Å². The molecule has 0 bridgehead atoms. The molecule has 0 aliphatic heterocycles. The van der Waals surface area contributed by atoms with Gasteiger partial charge < -0.3 is 9.72 Å². The van der Waals surface area contributed by atoms with Crippen LogP contribution in [0.2, 0.25) is 5.02 Å². The molecule has 20 heavy (non-hydrogen) atoms. The third kappa shape index (κ3) is 4.50. The normalized spacial score (nSPS) is 12.9. The van der Waals surface area contributed by atoms with Gasteiger partial charge in [-0.05, 0) is 25.5 Å². The van der Waals surface area contributed by atoms with Crippen molar-refractivity contribution in [3.63, 3.8) is 0 Å². The summed E-state index contributed by atoms with van der Waals surface area (Å²) in [5.41, 5.74) is 2.01. The van der Waals surface area contributed by atoms with Crippen molar-refractivity contribution in [2.24, 2.45) is 0 Å². The fourth-order valence-electron chi connectivity index (χ4n) is 2.36. The van der Waals surface area contributed by atoms with Gasteiger partial charge in [0.05, 0.1) is 10.7 Å². The third-order valence-corrected chi connectivity index (χ3v) is 3.81. The lowest BCUT2D eigenvalue weighted by molar-refractivity contribution is 0.480. The molecule has 4 heteroatoms. The topological polar surface area (TPSA) is 29.3 Å². The zero-order valence-electron chi connectivity index (χ0n) is 12.4. The summed E-state index contributed by atoms with van der Waals surface area (Å²) >= 11 is 5.97. The summed E-state index contributed by atoms with van der Waals surface area (Å²) in [7, 11) is 0. The molecule has 2 aromatic heterocycles. The molecular weight excluding hydrogens is 270 g/mol. The standard InChI is InChI=1S/C16H24ClN3/c1-3-4-5-6-7-13(2)18-10-15-12-20-11-14(17)8-9-16(20)19-15/h8-9,11-13,18H,3-7,10H2,1-2H3. The first kappa shape index (κ1) is 15.3. The zero-order valence-corrected chi connectivity index (χ0v) is 13.2. The quantitative estimate of drug-likeness (QED) is 0.729. The van der Waals surface area contributed by atoms with E-state index in [0.717, 1.165) is 22.9 Å². The van der Waals surface area contributed by atoms with Crippen LogP contribution in [-0.4, -0.2) is 15.4 Å². The van der Waals surface area contributed by atoms with Gasteiger partial charge in [-0.3, -0.25) is 0 Å². The van der Waals surface area contributed by atoms with E-state index in [2.05, 4.69) is 24.1 Å². The van der Waals surface area contributed by atoms with Crippen LogP contribution in [0.4, 0.5) is 0 Å². The summed E-state index contributed by atoms with van der Waals surface area (Å²) in [6.45, 7) is 5.31. The summed E-state index contributed by atoms with van der Waals surface area (Å²) in [5.74, 6) is 0. The number of imidazole rings is 1. The molecule has 0 radical (unpaired) electrons. The Morgan fingerprint density at radius 1 is 1.25 bits per heavy atom. The number of hydrogen-bond donors (Lipinski definition) is 1. The molecule has 2 aromatic rings. The van der Waals surface area contributed by atoms with Crippen LogP contribution in [0.15, 0.2) is 24.5 Å². The number of pyridine rings is 1. The highest BCUT2D eigenvalue weighted by molar-refractivity contribution is 6.30. The molecular formula is C16H24ClN3. The van der Waals surface area contributed by atoms with Gasteiger partial charge >= 0.3 is 0 Å². The maximum atomic E-state index is 5.97. The van der Waals surface area contributed by atoms with Crippen LogP contribution in [0.1, 0.15) is 51.6 Å². The van der Waals surface area contributed by atoms with E-state index >= 15 is 0 Å². The Bertz CT molecular complexity index is 536. The van der Waals surface area contributed by atoms with Crippen LogP contribution in [0.3, 0.4) is 0 Å². The summed E-state index contributed by atoms with van der Waals surface area (Å²) in [5, 5.41) is 4.28. The monoisotopic (exact) mass is 293 g/mol. The van der Waals surface area contributed by atoms with E-state index in [1.54, 1.807) is 0 Å². The number of rotatable bonds is 8. The minimum Gasteiger partial charge on any atom is -0.309 e. The number of aromatic nitrogens is 2. The Labute approximate surface area is 126 Å². The van der Waals surface area contributed by atoms with Crippen molar-refractivity contribution in [2.75, 3.05) is 0 Å². The number of nitrogens with zero attached hydrogens (tertiary/aromatic N) is 2. The van der Waals surface area contributed by atoms with Gasteiger partial charge in [0.25, 0.3) is 0 Å². The second kappa shape index (κ2) is 7.65. The first-order valence-corrected chi connectivity index (χ1v) is 7.93. The Morgan fingerprint density at radius 3 is 2.90 bits per heavy atom. The molecule has 1 N–H and O–H groups in total. The number of nitrogens with one attached hydrogen (secondary N) is 1. The fraction of sp³-hybridized carbons (Fsp3) is 0.562. The molecule has 0 spiro atoms. The van der Waals surface area contributed by atoms with E-state index < -0.39 is 0 Å². The van der Waals surface area contributed by atoms with Crippen LogP contribution < -0.4 is 5.32 Å². The molecule has 2 heterocycles. The molecule has 0 saturated carbocycles. The molecule has 0 saturated heterocycles. The van der Waals surface area contributed by atoms with Gasteiger partial charge in [0.15, 0.2) is 0 Å². The number of unbranched alkanes of at least 4 members (excludes halogenated alkanes) is 3. The van der Waals surface area contributed by atoms with Crippen LogP contribution >= 0.6 is 11.6 Å². The number of hydrogen-bond acceptors (Lipinski definition) is 2. The number of fused-ring (bicyclic) bond motifs is 1. The van der Waals surface area contributed by atoms with Crippen molar-refractivity contribution in [1.29, 1.82) is 0 Å². The van der Waals surface area contributed by atoms with Crippen molar-refractivity contribution in [1.82, 2.24) is 14.7 Å². The maximum Gasteiger partial charge on any atom is 0.137 e. The molecule has 0 aliphatic rings. The average Bonchev–Trinajstić information content (AvgIpc) is 2.83. The minimum absolute atomic E-state index is 0.542. The van der Waals surface area contributed by atoms with Gasteiger partial charge in [-0.25, -0.2) is 4.98 Å². The molecule has 0 aliphatic carbocycles. The summed E-state index contributed by atoms with van der Waals surface area (Å²) in [4.78, 5) is 4.58. The molecule has 1 atom stereocenters. The lowest BCUT2D eigenvalue weighted by Crippen LogP contribution is -2.25. The molecule has 3 nitrogen and oxygen atoms in total. The highest BCUT2D eigenvalue weighted by Gasteiger charge is 2.05. The van der Waals surface area contributed by atoms with Crippen LogP contribution in [0, 0.1) is 0 Å². The Kier molecular flexibility index (Phi) is 5.86. The fourth-order valence-corrected chi connectivity index (χ4v) is 2.53. The highest BCUT2D eigenvalue weighted by atomic mass is 35.5. The van der Waals surface area contributed by atoms with Crippen molar-refractivity contribution in [2.45, 2.75) is 58.5 Å². The highest BCUT2D eigenvalue weighted by Crippen LogP contribution is 2.12. The SMILES string of the molecule is CCCCCCC(C)NCc1cn2cc(Cl)ccc2n1. The van der Waals surface area contributed by atoms with E-state index in [1.165, 1.54) is 32.1 Å². The third-order valence-electron chi connectivity index (χ3n) is 3.59. The molecule has 0 aromatic carbocycles. The predicted molar refractivity (Wildman–Crippen MR) is 85.3 cm³/mol. The molecule has 1 unspecified atom stereocenters. The van der Waals surface area contributed by atoms with E-state index in [9.17, 15) is 0 Å². The molecule has 110 valence electrons. The lowest BCUT2D eigenvalue weighted by Gasteiger charge is -2.12. The van der Waals surface area contributed by atoms with Gasteiger partial charge in [-0.2, -0.15) is 0 Å². The van der Waals surface area contributed by atoms with Gasteiger partial charge in [-0.15, -0.1) is 0 Å². The molecule has 2 rings (SSSR count). The summed E-state index contributed by atoms with van der Waals surface area (Å²) in [6.07, 6.45) is 10.5. The van der Waals surface area contributed by atoms with Crippen molar-refractivity contribution < 1.29 is 0 Å². The van der Waals surface area contributed by atoms with Crippen LogP contribution in [0.5, 0.6) is 0 Å². The molecule has 0 fully saturated rings. The maximum absolute atomic E-state index is 5.97. The van der Waals surface area contributed by atoms with E-state index in [1.807, 2.05) is 28.9 Å². The van der Waals surface area contributed by atoms with Gasteiger partial charge in [-0.1, -0.05) is 44.2 Å². The second-order valence-electron chi connectivity index (χ2n) is 5.48. The first-order chi connectivity index (χ1) is 9.69. The zero-order chi connectivity index (χ0) is 14.4. The second-order valence-corrected chi connectivity index (χ2v) is 5.91. The largest absolute Gasteiger partial charge is 0.309 e. The summed E-state index contributed by atoms with van der Waals surface area (Å²) in [6, 6.07) is 4.36. The first-order valence-electron chi connectivity index (χ1n) is 7.55. The predicted octanol–water partition coefficient (Wildman–Crippen LogP) is 4.44. The Morgan fingerprint density at radius 2 is 2.10 bits per heavy atom. The van der Waals surface area contributed by atoms with E-state index in [-0.39, 0.29) is 0 Å². The smallest absolute Gasteiger partial charge is 0.137 e. The minimum atomic E-state index is 0.542. The van der Waals surface area contributed by atoms with E-state index in [4.69, 9.17) is 11.6 Å². The van der Waals surface area contributed by atoms with Crippen LogP contribution in [-0.2, 0) is 6.54 Å². The molecule has 0 amide bonds. The van der Waals surface area contributed by atoms with Gasteiger partial charge in [0.1, 0.15) is 5.65 Å². The van der Waals surface area contributed by atoms with Gasteiger partial charge in [0, 0.05) is 25.0 Å². The van der Waals surface area contributed by atoms with Crippen molar-refractivity contribution in [3.05, 3.63) is 35.2 Å². The van der Waals surface area contributed by atoms with Crippen molar-refractivity contribution in [3.8, 4) is 0 Å². The summed E-state index contributed by atoms with van der Waals surface area (Å²) < 4.78 is 1.98. The number of halogens is 1.